The fourth-order valence-corrected chi connectivity index (χ4v) is 2.37. The van der Waals surface area contributed by atoms with Crippen LogP contribution < -0.4 is 0 Å². The summed E-state index contributed by atoms with van der Waals surface area (Å²) in [5.74, 6) is -0.184. The molecule has 1 aromatic rings. The molecule has 2 nitrogen and oxygen atoms in total. The number of halogens is 3. The third-order valence-corrected chi connectivity index (χ3v) is 3.50. The molecular weight excluding hydrogens is 303 g/mol. The lowest BCUT2D eigenvalue weighted by atomic mass is 10.1. The molecule has 0 radical (unpaired) electrons. The second-order valence-electron chi connectivity index (χ2n) is 2.96. The summed E-state index contributed by atoms with van der Waals surface area (Å²) in [5.41, 5.74) is 0.858. The van der Waals surface area contributed by atoms with Crippen molar-refractivity contribution in [3.8, 4) is 0 Å². The van der Waals surface area contributed by atoms with Crippen LogP contribution in [0.4, 0.5) is 0 Å². The summed E-state index contributed by atoms with van der Waals surface area (Å²) in [5, 5.41) is -1.36. The number of ketones is 1. The molecule has 0 spiro atoms. The third kappa shape index (κ3) is 2.80. The zero-order valence-electron chi connectivity index (χ0n) is 7.76. The van der Waals surface area contributed by atoms with Gasteiger partial charge in [0.25, 0.3) is 5.24 Å². The fraction of sp³-hybridized carbons (Fsp3) is 0.200. The maximum Gasteiger partial charge on any atom is 0.253 e. The second-order valence-corrected chi connectivity index (χ2v) is 4.53. The van der Waals surface area contributed by atoms with E-state index in [2.05, 4.69) is 15.9 Å². The van der Waals surface area contributed by atoms with E-state index in [-0.39, 0.29) is 5.78 Å². The minimum atomic E-state index is -0.768. The summed E-state index contributed by atoms with van der Waals surface area (Å²) < 4.78 is 0.472. The molecule has 1 rings (SSSR count). The second kappa shape index (κ2) is 5.10. The average molecular weight is 310 g/mol. The van der Waals surface area contributed by atoms with Gasteiger partial charge in [0.05, 0.1) is 0 Å². The standard InChI is InChI=1S/C10H7BrCl2O2/c1-5(14)9(12)6-3-2-4-7(8(6)11)10(13)15/h2-4,9H,1H3. The number of alkyl halides is 1. The lowest BCUT2D eigenvalue weighted by Gasteiger charge is -2.10. The van der Waals surface area contributed by atoms with Crippen LogP contribution in [0, 0.1) is 0 Å². The Morgan fingerprint density at radius 2 is 2.00 bits per heavy atom. The number of Topliss-reactive ketones (excluding diaryl/α,β-unsaturated/α-hetero) is 1. The van der Waals surface area contributed by atoms with Gasteiger partial charge in [-0.3, -0.25) is 9.59 Å². The first kappa shape index (κ1) is 12.7. The van der Waals surface area contributed by atoms with Crippen LogP contribution in [0.15, 0.2) is 22.7 Å². The van der Waals surface area contributed by atoms with E-state index in [0.29, 0.717) is 15.6 Å². The van der Waals surface area contributed by atoms with Crippen LogP contribution in [0.5, 0.6) is 0 Å². The van der Waals surface area contributed by atoms with Crippen molar-refractivity contribution in [1.29, 1.82) is 0 Å². The van der Waals surface area contributed by atoms with E-state index < -0.39 is 10.6 Å². The number of hydrogen-bond acceptors (Lipinski definition) is 2. The number of hydrogen-bond donors (Lipinski definition) is 0. The highest BCUT2D eigenvalue weighted by Gasteiger charge is 2.19. The normalized spacial score (nSPS) is 12.3. The fourth-order valence-electron chi connectivity index (χ4n) is 1.12. The average Bonchev–Trinajstić information content (AvgIpc) is 2.16. The summed E-state index contributed by atoms with van der Waals surface area (Å²) in [7, 11) is 0. The first-order valence-electron chi connectivity index (χ1n) is 4.08. The van der Waals surface area contributed by atoms with Gasteiger partial charge in [-0.15, -0.1) is 11.6 Å². The molecule has 0 N–H and O–H groups in total. The molecule has 0 saturated carbocycles. The Balaban J connectivity index is 3.26. The van der Waals surface area contributed by atoms with Gasteiger partial charge in [0.1, 0.15) is 5.38 Å². The van der Waals surface area contributed by atoms with Crippen LogP contribution in [-0.4, -0.2) is 11.0 Å². The maximum atomic E-state index is 11.1. The molecule has 0 amide bonds. The molecular formula is C10H7BrCl2O2. The highest BCUT2D eigenvalue weighted by molar-refractivity contribution is 9.10. The van der Waals surface area contributed by atoms with Crippen molar-refractivity contribution in [1.82, 2.24) is 0 Å². The molecule has 15 heavy (non-hydrogen) atoms. The quantitative estimate of drug-likeness (QED) is 0.630. The molecule has 1 aromatic carbocycles. The molecule has 1 atom stereocenters. The Bertz CT molecular complexity index is 418. The number of benzene rings is 1. The van der Waals surface area contributed by atoms with Crippen molar-refractivity contribution in [2.75, 3.05) is 0 Å². The van der Waals surface area contributed by atoms with Crippen LogP contribution in [0.25, 0.3) is 0 Å². The Hall–Kier alpha value is -0.380. The summed E-state index contributed by atoms with van der Waals surface area (Å²) in [4.78, 5) is 22.1. The van der Waals surface area contributed by atoms with Gasteiger partial charge in [-0.05, 0) is 46.1 Å². The highest BCUT2D eigenvalue weighted by Crippen LogP contribution is 2.31. The smallest absolute Gasteiger partial charge is 0.253 e. The zero-order chi connectivity index (χ0) is 11.6. The van der Waals surface area contributed by atoms with Gasteiger partial charge in [-0.25, -0.2) is 0 Å². The predicted molar refractivity (Wildman–Crippen MR) is 63.6 cm³/mol. The SMILES string of the molecule is CC(=O)C(Cl)c1cccc(C(=O)Cl)c1Br. The minimum Gasteiger partial charge on any atom is -0.298 e. The Morgan fingerprint density at radius 1 is 1.40 bits per heavy atom. The Kier molecular flexibility index (Phi) is 4.32. The number of carbonyl (C=O) groups excluding carboxylic acids is 2. The third-order valence-electron chi connectivity index (χ3n) is 1.87. The van der Waals surface area contributed by atoms with E-state index in [0.717, 1.165) is 0 Å². The van der Waals surface area contributed by atoms with Crippen molar-refractivity contribution in [3.05, 3.63) is 33.8 Å². The van der Waals surface area contributed by atoms with E-state index in [1.165, 1.54) is 6.92 Å². The van der Waals surface area contributed by atoms with Gasteiger partial charge in [-0.1, -0.05) is 12.1 Å². The van der Waals surface area contributed by atoms with E-state index in [1.54, 1.807) is 18.2 Å². The van der Waals surface area contributed by atoms with Crippen LogP contribution in [0.3, 0.4) is 0 Å². The first-order valence-corrected chi connectivity index (χ1v) is 5.68. The van der Waals surface area contributed by atoms with Gasteiger partial charge in [0.15, 0.2) is 5.78 Å². The number of rotatable bonds is 3. The molecule has 0 aliphatic carbocycles. The Morgan fingerprint density at radius 3 is 2.47 bits per heavy atom. The van der Waals surface area contributed by atoms with Gasteiger partial charge in [0.2, 0.25) is 0 Å². The predicted octanol–water partition coefficient (Wildman–Crippen LogP) is 3.70. The van der Waals surface area contributed by atoms with Crippen molar-refractivity contribution < 1.29 is 9.59 Å². The summed E-state index contributed by atoms with van der Waals surface area (Å²) in [6, 6.07) is 4.87. The van der Waals surface area contributed by atoms with E-state index >= 15 is 0 Å². The Labute approximate surface area is 106 Å². The molecule has 0 bridgehead atoms. The van der Waals surface area contributed by atoms with Crippen LogP contribution in [-0.2, 0) is 4.79 Å². The minimum absolute atomic E-state index is 0.184. The van der Waals surface area contributed by atoms with Gasteiger partial charge in [0, 0.05) is 10.0 Å². The summed E-state index contributed by atoms with van der Waals surface area (Å²) >= 11 is 14.5. The molecule has 5 heteroatoms. The lowest BCUT2D eigenvalue weighted by Crippen LogP contribution is -2.04. The van der Waals surface area contributed by atoms with Crippen LogP contribution in [0.1, 0.15) is 28.2 Å². The molecule has 0 aliphatic heterocycles. The molecule has 0 heterocycles. The van der Waals surface area contributed by atoms with Crippen LogP contribution >= 0.6 is 39.1 Å². The first-order chi connectivity index (χ1) is 6.95. The summed E-state index contributed by atoms with van der Waals surface area (Å²) in [6.45, 7) is 1.39. The van der Waals surface area contributed by atoms with Gasteiger partial charge in [-0.2, -0.15) is 0 Å². The summed E-state index contributed by atoms with van der Waals surface area (Å²) in [6.07, 6.45) is 0. The van der Waals surface area contributed by atoms with Crippen LogP contribution in [0.2, 0.25) is 0 Å². The van der Waals surface area contributed by atoms with Crippen molar-refractivity contribution in [2.24, 2.45) is 0 Å². The molecule has 0 aromatic heterocycles. The molecule has 0 saturated heterocycles. The zero-order valence-corrected chi connectivity index (χ0v) is 10.9. The van der Waals surface area contributed by atoms with Crippen molar-refractivity contribution >= 4 is 50.2 Å². The molecule has 0 aliphatic rings. The van der Waals surface area contributed by atoms with Gasteiger partial charge < -0.3 is 0 Å². The lowest BCUT2D eigenvalue weighted by molar-refractivity contribution is -0.116. The number of carbonyl (C=O) groups is 2. The molecule has 80 valence electrons. The highest BCUT2D eigenvalue weighted by atomic mass is 79.9. The van der Waals surface area contributed by atoms with E-state index in [4.69, 9.17) is 23.2 Å². The largest absolute Gasteiger partial charge is 0.298 e. The molecule has 1 unspecified atom stereocenters. The van der Waals surface area contributed by atoms with E-state index in [9.17, 15) is 9.59 Å². The van der Waals surface area contributed by atoms with Crippen molar-refractivity contribution in [3.63, 3.8) is 0 Å². The topological polar surface area (TPSA) is 34.1 Å². The maximum absolute atomic E-state index is 11.1. The molecule has 0 fully saturated rings. The van der Waals surface area contributed by atoms with Crippen molar-refractivity contribution in [2.45, 2.75) is 12.3 Å². The van der Waals surface area contributed by atoms with E-state index in [1.807, 2.05) is 0 Å². The van der Waals surface area contributed by atoms with Gasteiger partial charge >= 0.3 is 0 Å². The monoisotopic (exact) mass is 308 g/mol.